The van der Waals surface area contributed by atoms with Gasteiger partial charge in [-0.1, -0.05) is 0 Å². The molecule has 3 heteroatoms. The van der Waals surface area contributed by atoms with Gasteiger partial charge in [0.15, 0.2) is 0 Å². The second-order valence-electron chi connectivity index (χ2n) is 4.68. The molecule has 1 fully saturated rings. The Morgan fingerprint density at radius 3 is 2.65 bits per heavy atom. The molecule has 0 amide bonds. The van der Waals surface area contributed by atoms with Crippen LogP contribution in [0.3, 0.4) is 0 Å². The van der Waals surface area contributed by atoms with Crippen molar-refractivity contribution in [2.24, 2.45) is 5.92 Å². The zero-order valence-electron chi connectivity index (χ0n) is 11.0. The third kappa shape index (κ3) is 7.33. The maximum atomic E-state index is 11.3. The van der Waals surface area contributed by atoms with Crippen molar-refractivity contribution in [3.05, 3.63) is 9.88 Å². The van der Waals surface area contributed by atoms with Gasteiger partial charge in [0.1, 0.15) is 0 Å². The fourth-order valence-corrected chi connectivity index (χ4v) is 5.69. The molecular formula is C14H24OSSe. The Labute approximate surface area is 116 Å². The molecule has 0 N–H and O–H groups in total. The number of allylic oxidation sites excluding steroid dienone is 1. The first-order valence-electron chi connectivity index (χ1n) is 6.75. The van der Waals surface area contributed by atoms with E-state index in [1.165, 1.54) is 54.5 Å². The average molecular weight is 319 g/mol. The first kappa shape index (κ1) is 15.3. The van der Waals surface area contributed by atoms with Crippen molar-refractivity contribution in [3.63, 3.8) is 0 Å². The molecule has 1 aliphatic carbocycles. The van der Waals surface area contributed by atoms with E-state index < -0.39 is 0 Å². The third-order valence-corrected chi connectivity index (χ3v) is 6.41. The summed E-state index contributed by atoms with van der Waals surface area (Å²) in [4.78, 5) is 11.3. The van der Waals surface area contributed by atoms with Gasteiger partial charge in [-0.3, -0.25) is 0 Å². The quantitative estimate of drug-likeness (QED) is 0.517. The molecule has 0 atom stereocenters. The minimum absolute atomic E-state index is 0.0792. The van der Waals surface area contributed by atoms with Crippen molar-refractivity contribution in [1.29, 1.82) is 0 Å². The predicted molar refractivity (Wildman–Crippen MR) is 78.5 cm³/mol. The van der Waals surface area contributed by atoms with Crippen LogP contribution < -0.4 is 0 Å². The van der Waals surface area contributed by atoms with E-state index in [1.54, 1.807) is 6.92 Å². The van der Waals surface area contributed by atoms with Crippen LogP contribution in [0, 0.1) is 5.92 Å². The van der Waals surface area contributed by atoms with Gasteiger partial charge in [-0.05, 0) is 0 Å². The summed E-state index contributed by atoms with van der Waals surface area (Å²) < 4.78 is 1.76. The van der Waals surface area contributed by atoms with Crippen LogP contribution in [-0.4, -0.2) is 25.4 Å². The van der Waals surface area contributed by atoms with Gasteiger partial charge in [0.05, 0.1) is 0 Å². The normalized spacial score (nSPS) is 18.4. The molecule has 98 valence electrons. The van der Waals surface area contributed by atoms with Gasteiger partial charge in [-0.15, -0.1) is 0 Å². The molecule has 0 spiro atoms. The second-order valence-corrected chi connectivity index (χ2v) is 8.96. The topological polar surface area (TPSA) is 17.1 Å². The van der Waals surface area contributed by atoms with Crippen molar-refractivity contribution in [3.8, 4) is 0 Å². The molecule has 1 rings (SSSR count). The fraction of sp³-hybridized carbons (Fsp3) is 0.786. The maximum absolute atomic E-state index is 11.3. The first-order chi connectivity index (χ1) is 8.22. The van der Waals surface area contributed by atoms with E-state index in [-0.39, 0.29) is 15.0 Å². The molecule has 0 saturated heterocycles. The Morgan fingerprint density at radius 2 is 2.06 bits per heavy atom. The average Bonchev–Trinajstić information content (AvgIpc) is 2.30. The Morgan fingerprint density at radius 1 is 1.35 bits per heavy atom. The summed E-state index contributed by atoms with van der Waals surface area (Å²) in [6, 6.07) is 0. The van der Waals surface area contributed by atoms with Crippen LogP contribution in [0.1, 0.15) is 58.8 Å². The number of rotatable bonds is 7. The Kier molecular flexibility index (Phi) is 8.34. The van der Waals surface area contributed by atoms with Crippen molar-refractivity contribution in [2.45, 2.75) is 58.8 Å². The van der Waals surface area contributed by atoms with Gasteiger partial charge in [-0.2, -0.15) is 0 Å². The standard InChI is InChI=1S/C14H24OSSe/c1-3-4-10-16-14(17-12(2)15)11-13-8-6-5-7-9-13/h11,13H,3-10H2,1-2H3/b14-11-. The molecule has 0 aromatic heterocycles. The van der Waals surface area contributed by atoms with E-state index >= 15 is 0 Å². The Balaban J connectivity index is 2.46. The van der Waals surface area contributed by atoms with Crippen LogP contribution >= 0.6 is 11.8 Å². The van der Waals surface area contributed by atoms with Gasteiger partial charge in [0.2, 0.25) is 0 Å². The summed E-state index contributed by atoms with van der Waals surface area (Å²) in [5.41, 5.74) is 0. The third-order valence-electron chi connectivity index (χ3n) is 3.01. The Bertz CT molecular complexity index is 257. The molecule has 0 aliphatic heterocycles. The second kappa shape index (κ2) is 9.24. The van der Waals surface area contributed by atoms with Crippen molar-refractivity contribution < 1.29 is 4.79 Å². The minimum atomic E-state index is 0.0792. The number of unbranched alkanes of at least 4 members (excludes halogenated alkanes) is 1. The number of carbonyl (C=O) groups excluding carboxylic acids is 1. The van der Waals surface area contributed by atoms with Gasteiger partial charge < -0.3 is 0 Å². The van der Waals surface area contributed by atoms with E-state index in [0.29, 0.717) is 4.68 Å². The van der Waals surface area contributed by atoms with Crippen LogP contribution in [0.2, 0.25) is 0 Å². The van der Waals surface area contributed by atoms with Gasteiger partial charge in [0, 0.05) is 0 Å². The molecule has 0 heterocycles. The summed E-state index contributed by atoms with van der Waals surface area (Å²) in [5, 5.41) is 0. The van der Waals surface area contributed by atoms with Crippen molar-refractivity contribution in [2.75, 3.05) is 5.75 Å². The fourth-order valence-electron chi connectivity index (χ4n) is 2.06. The molecule has 17 heavy (non-hydrogen) atoms. The first-order valence-corrected chi connectivity index (χ1v) is 9.45. The predicted octanol–water partition coefficient (Wildman–Crippen LogP) is 4.19. The Hall–Kier alpha value is 0.279. The van der Waals surface area contributed by atoms with E-state index in [1.807, 2.05) is 11.8 Å². The molecule has 0 aromatic rings. The molecule has 1 saturated carbocycles. The summed E-state index contributed by atoms with van der Waals surface area (Å²) in [5.74, 6) is 1.94. The molecule has 0 bridgehead atoms. The molecule has 1 aliphatic rings. The molecule has 0 radical (unpaired) electrons. The zero-order chi connectivity index (χ0) is 12.5. The van der Waals surface area contributed by atoms with Gasteiger partial charge >= 0.3 is 117 Å². The van der Waals surface area contributed by atoms with Gasteiger partial charge in [-0.25, -0.2) is 0 Å². The van der Waals surface area contributed by atoms with Crippen LogP contribution in [0.5, 0.6) is 0 Å². The molecule has 0 unspecified atom stereocenters. The van der Waals surface area contributed by atoms with Gasteiger partial charge in [0.25, 0.3) is 0 Å². The summed E-state index contributed by atoms with van der Waals surface area (Å²) in [7, 11) is 0. The van der Waals surface area contributed by atoms with Crippen LogP contribution in [-0.2, 0) is 4.79 Å². The zero-order valence-corrected chi connectivity index (χ0v) is 13.6. The van der Waals surface area contributed by atoms with Crippen LogP contribution in [0.25, 0.3) is 0 Å². The monoisotopic (exact) mass is 320 g/mol. The van der Waals surface area contributed by atoms with E-state index in [0.717, 1.165) is 5.92 Å². The number of thioether (sulfide) groups is 1. The SMILES string of the molecule is CCCCS/C(=C/C1CCCCC1)[Se]C(C)=O. The molecule has 1 nitrogen and oxygen atoms in total. The van der Waals surface area contributed by atoms with E-state index in [4.69, 9.17) is 0 Å². The number of hydrogen-bond donors (Lipinski definition) is 0. The summed E-state index contributed by atoms with van der Waals surface area (Å²) in [6.45, 7) is 3.95. The summed E-state index contributed by atoms with van der Waals surface area (Å²) >= 11 is 2.02. The van der Waals surface area contributed by atoms with Crippen LogP contribution in [0.15, 0.2) is 9.88 Å². The van der Waals surface area contributed by atoms with Crippen molar-refractivity contribution in [1.82, 2.24) is 0 Å². The summed E-state index contributed by atoms with van der Waals surface area (Å²) in [6.07, 6.45) is 11.8. The molecule has 0 aromatic carbocycles. The number of carbonyl (C=O) groups is 1. The molecular weight excluding hydrogens is 295 g/mol. The van der Waals surface area contributed by atoms with E-state index in [2.05, 4.69) is 13.0 Å². The van der Waals surface area contributed by atoms with Crippen LogP contribution in [0.4, 0.5) is 0 Å². The van der Waals surface area contributed by atoms with Crippen molar-refractivity contribution >= 4 is 31.4 Å². The van der Waals surface area contributed by atoms with E-state index in [9.17, 15) is 4.79 Å². The number of hydrogen-bond acceptors (Lipinski definition) is 2.